The van der Waals surface area contributed by atoms with Crippen LogP contribution >= 0.6 is 24.8 Å². The van der Waals surface area contributed by atoms with Gasteiger partial charge in [0.05, 0.1) is 61.9 Å². The van der Waals surface area contributed by atoms with E-state index in [0.717, 1.165) is 0 Å². The second kappa shape index (κ2) is 12.6. The van der Waals surface area contributed by atoms with Gasteiger partial charge in [0.25, 0.3) is 0 Å². The van der Waals surface area contributed by atoms with E-state index in [4.69, 9.17) is 10.2 Å². The maximum atomic E-state index is 10.0. The molecule has 2 saturated heterocycles. The highest BCUT2D eigenvalue weighted by Crippen LogP contribution is 2.22. The lowest BCUT2D eigenvalue weighted by Gasteiger charge is -2.19. The topological polar surface area (TPSA) is 186 Å². The molecule has 0 saturated carbocycles. The molecule has 0 spiro atoms. The third-order valence-corrected chi connectivity index (χ3v) is 5.22. The smallest absolute Gasteiger partial charge is 0.0993 e. The van der Waals surface area contributed by atoms with E-state index < -0.39 is 74.0 Å². The monoisotopic (exact) mass is 450 g/mol. The van der Waals surface area contributed by atoms with Crippen molar-refractivity contribution in [2.75, 3.05) is 13.2 Å². The van der Waals surface area contributed by atoms with E-state index in [2.05, 4.69) is 10.6 Å². The number of aliphatic hydroxyl groups is 8. The van der Waals surface area contributed by atoms with Gasteiger partial charge in [0.15, 0.2) is 0 Å². The molecule has 0 amide bonds. The standard InChI is InChI=1S/C16H30N2O8.2ClH/c19-5-9(21)11-15(25)13(23)7(17-11)3-1-2-4-8-14(24)16(26)12(18-8)10(22)6-20;;/h1-2,7-26H,3-6H2;2*1H/b2-1+;;/t7-,8-,9-,10-,11+,12+,13+,14+,15+,16+;;/m1../s1. The Morgan fingerprint density at radius 2 is 0.964 bits per heavy atom. The van der Waals surface area contributed by atoms with Crippen LogP contribution in [0.1, 0.15) is 12.8 Å². The van der Waals surface area contributed by atoms with Crippen molar-refractivity contribution in [1.29, 1.82) is 0 Å². The van der Waals surface area contributed by atoms with E-state index in [1.54, 1.807) is 12.2 Å². The van der Waals surface area contributed by atoms with Gasteiger partial charge in [-0.2, -0.15) is 0 Å². The fourth-order valence-electron chi connectivity index (χ4n) is 3.59. The van der Waals surface area contributed by atoms with E-state index in [1.807, 2.05) is 0 Å². The lowest BCUT2D eigenvalue weighted by molar-refractivity contribution is -0.0129. The van der Waals surface area contributed by atoms with Crippen molar-refractivity contribution in [3.8, 4) is 0 Å². The Balaban J connectivity index is 0.00000364. The molecule has 0 aromatic heterocycles. The molecule has 2 fully saturated rings. The van der Waals surface area contributed by atoms with E-state index >= 15 is 0 Å². The van der Waals surface area contributed by atoms with Crippen molar-refractivity contribution in [3.05, 3.63) is 12.2 Å². The molecule has 0 unspecified atom stereocenters. The maximum absolute atomic E-state index is 10.0. The average Bonchev–Trinajstić information content (AvgIpc) is 3.09. The summed E-state index contributed by atoms with van der Waals surface area (Å²) >= 11 is 0. The van der Waals surface area contributed by atoms with Gasteiger partial charge in [-0.1, -0.05) is 12.2 Å². The molecule has 10 N–H and O–H groups in total. The van der Waals surface area contributed by atoms with Crippen molar-refractivity contribution in [2.45, 2.75) is 73.6 Å². The summed E-state index contributed by atoms with van der Waals surface area (Å²) in [7, 11) is 0. The molecule has 2 heterocycles. The Labute approximate surface area is 175 Å². The van der Waals surface area contributed by atoms with Crippen molar-refractivity contribution >= 4 is 24.8 Å². The van der Waals surface area contributed by atoms with Crippen molar-refractivity contribution in [1.82, 2.24) is 10.6 Å². The SMILES string of the molecule is Cl.Cl.OC[C@@H](O)[C@@H]1N[C@H](C/C=C/C[C@H]2N[C@@H]([C@H](O)CO)[C@H](O)[C@H]2O)[C@H](O)[C@H]1O. The van der Waals surface area contributed by atoms with Gasteiger partial charge in [-0.15, -0.1) is 24.8 Å². The first-order valence-corrected chi connectivity index (χ1v) is 8.79. The quantitative estimate of drug-likeness (QED) is 0.163. The summed E-state index contributed by atoms with van der Waals surface area (Å²) < 4.78 is 0. The summed E-state index contributed by atoms with van der Waals surface area (Å²) in [4.78, 5) is 0. The number of hydrogen-bond donors (Lipinski definition) is 10. The summed E-state index contributed by atoms with van der Waals surface area (Å²) in [5, 5.41) is 82.8. The summed E-state index contributed by atoms with van der Waals surface area (Å²) in [6.45, 7) is -1.06. The molecule has 28 heavy (non-hydrogen) atoms. The normalized spacial score (nSPS) is 40.1. The van der Waals surface area contributed by atoms with Crippen LogP contribution in [0.4, 0.5) is 0 Å². The lowest BCUT2D eigenvalue weighted by Crippen LogP contribution is -2.45. The molecular weight excluding hydrogens is 419 g/mol. The van der Waals surface area contributed by atoms with Crippen LogP contribution in [0, 0.1) is 0 Å². The second-order valence-electron chi connectivity index (χ2n) is 7.00. The first-order chi connectivity index (χ1) is 12.3. The molecule has 2 aliphatic heterocycles. The van der Waals surface area contributed by atoms with Gasteiger partial charge in [0.1, 0.15) is 0 Å². The lowest BCUT2D eigenvalue weighted by atomic mass is 10.0. The van der Waals surface area contributed by atoms with Crippen LogP contribution in [0.3, 0.4) is 0 Å². The first-order valence-electron chi connectivity index (χ1n) is 8.79. The Morgan fingerprint density at radius 1 is 0.643 bits per heavy atom. The summed E-state index contributed by atoms with van der Waals surface area (Å²) in [5.41, 5.74) is 0. The Morgan fingerprint density at radius 3 is 1.25 bits per heavy atom. The number of rotatable bonds is 8. The Hall–Kier alpha value is -0.0800. The minimum absolute atomic E-state index is 0. The molecule has 0 aromatic rings. The molecule has 168 valence electrons. The van der Waals surface area contributed by atoms with E-state index in [1.165, 1.54) is 0 Å². The highest BCUT2D eigenvalue weighted by molar-refractivity contribution is 5.85. The van der Waals surface area contributed by atoms with Gasteiger partial charge in [0.2, 0.25) is 0 Å². The van der Waals surface area contributed by atoms with Gasteiger partial charge in [-0.3, -0.25) is 0 Å². The second-order valence-corrected chi connectivity index (χ2v) is 7.00. The zero-order valence-electron chi connectivity index (χ0n) is 15.2. The van der Waals surface area contributed by atoms with Crippen LogP contribution in [0.25, 0.3) is 0 Å². The van der Waals surface area contributed by atoms with E-state index in [0.29, 0.717) is 12.8 Å². The largest absolute Gasteiger partial charge is 0.394 e. The highest BCUT2D eigenvalue weighted by Gasteiger charge is 2.44. The molecule has 0 radical (unpaired) electrons. The summed E-state index contributed by atoms with van der Waals surface area (Å²) in [6.07, 6.45) is -2.75. The van der Waals surface area contributed by atoms with Crippen LogP contribution in [0.5, 0.6) is 0 Å². The van der Waals surface area contributed by atoms with Crippen LogP contribution in [0.15, 0.2) is 12.2 Å². The maximum Gasteiger partial charge on any atom is 0.0993 e. The van der Waals surface area contributed by atoms with Gasteiger partial charge in [-0.05, 0) is 12.8 Å². The van der Waals surface area contributed by atoms with Crippen molar-refractivity contribution in [2.24, 2.45) is 0 Å². The molecule has 12 heteroatoms. The number of nitrogens with one attached hydrogen (secondary N) is 2. The van der Waals surface area contributed by atoms with Crippen LogP contribution in [-0.4, -0.2) is 115 Å². The van der Waals surface area contributed by atoms with E-state index in [-0.39, 0.29) is 24.8 Å². The molecule has 0 bridgehead atoms. The molecule has 0 aliphatic carbocycles. The zero-order valence-corrected chi connectivity index (χ0v) is 16.8. The van der Waals surface area contributed by atoms with Gasteiger partial charge < -0.3 is 51.5 Å². The number of aliphatic hydroxyl groups excluding tert-OH is 8. The third kappa shape index (κ3) is 6.21. The molecular formula is C16H32Cl2N2O8. The van der Waals surface area contributed by atoms with Crippen LogP contribution < -0.4 is 10.6 Å². The van der Waals surface area contributed by atoms with Gasteiger partial charge in [0, 0.05) is 12.1 Å². The molecule has 2 aliphatic rings. The predicted molar refractivity (Wildman–Crippen MR) is 105 cm³/mol. The molecule has 0 aromatic carbocycles. The average molecular weight is 451 g/mol. The minimum Gasteiger partial charge on any atom is -0.394 e. The van der Waals surface area contributed by atoms with Gasteiger partial charge >= 0.3 is 0 Å². The molecule has 10 atom stereocenters. The third-order valence-electron chi connectivity index (χ3n) is 5.22. The summed E-state index contributed by atoms with van der Waals surface area (Å²) in [6, 6.07) is -2.63. The fraction of sp³-hybridized carbons (Fsp3) is 0.875. The predicted octanol–water partition coefficient (Wildman–Crippen LogP) is -4.00. The van der Waals surface area contributed by atoms with Crippen molar-refractivity contribution < 1.29 is 40.9 Å². The summed E-state index contributed by atoms with van der Waals surface area (Å²) in [5.74, 6) is 0. The zero-order chi connectivity index (χ0) is 19.4. The molecule has 10 nitrogen and oxygen atoms in total. The molecule has 2 rings (SSSR count). The van der Waals surface area contributed by atoms with Crippen LogP contribution in [-0.2, 0) is 0 Å². The van der Waals surface area contributed by atoms with E-state index in [9.17, 15) is 30.6 Å². The van der Waals surface area contributed by atoms with Crippen molar-refractivity contribution in [3.63, 3.8) is 0 Å². The fourth-order valence-corrected chi connectivity index (χ4v) is 3.59. The highest BCUT2D eigenvalue weighted by atomic mass is 35.5. The first kappa shape index (κ1) is 27.9. The number of hydrogen-bond acceptors (Lipinski definition) is 10. The van der Waals surface area contributed by atoms with Gasteiger partial charge in [-0.25, -0.2) is 0 Å². The Bertz CT molecular complexity index is 438. The minimum atomic E-state index is -1.19. The number of halogens is 2. The van der Waals surface area contributed by atoms with Crippen LogP contribution in [0.2, 0.25) is 0 Å². The Kier molecular flexibility index (Phi) is 12.5.